The minimum atomic E-state index is -0.0000789. The van der Waals surface area contributed by atoms with Gasteiger partial charge in [-0.2, -0.15) is 0 Å². The Labute approximate surface area is 157 Å². The molecule has 1 aromatic heterocycles. The highest BCUT2D eigenvalue weighted by Crippen LogP contribution is 2.21. The number of thioether (sulfide) groups is 1. The van der Waals surface area contributed by atoms with E-state index >= 15 is 0 Å². The zero-order valence-corrected chi connectivity index (χ0v) is 15.5. The number of amides is 1. The van der Waals surface area contributed by atoms with Crippen LogP contribution in [0.2, 0.25) is 0 Å². The van der Waals surface area contributed by atoms with Crippen LogP contribution < -0.4 is 5.32 Å². The van der Waals surface area contributed by atoms with E-state index in [0.29, 0.717) is 10.9 Å². The van der Waals surface area contributed by atoms with Gasteiger partial charge in [0, 0.05) is 5.69 Å². The molecule has 134 valence electrons. The molecule has 3 aromatic rings. The van der Waals surface area contributed by atoms with Crippen LogP contribution >= 0.6 is 11.8 Å². The lowest BCUT2D eigenvalue weighted by Crippen LogP contribution is -2.30. The summed E-state index contributed by atoms with van der Waals surface area (Å²) < 4.78 is 1.89. The second kappa shape index (κ2) is 9.20. The largest absolute Gasteiger partial charge is 0.349 e. The second-order valence-corrected chi connectivity index (χ2v) is 6.87. The van der Waals surface area contributed by atoms with Gasteiger partial charge in [0.05, 0.1) is 11.8 Å². The van der Waals surface area contributed by atoms with Crippen LogP contribution in [-0.4, -0.2) is 26.4 Å². The second-order valence-electron chi connectivity index (χ2n) is 5.93. The molecule has 1 atom stereocenters. The van der Waals surface area contributed by atoms with Crippen molar-refractivity contribution in [1.29, 1.82) is 0 Å². The summed E-state index contributed by atoms with van der Waals surface area (Å²) in [6.07, 6.45) is 3.59. The molecule has 1 unspecified atom stereocenters. The fourth-order valence-corrected chi connectivity index (χ4v) is 3.49. The summed E-state index contributed by atoms with van der Waals surface area (Å²) in [5.74, 6) is 0.304. The molecule has 1 amide bonds. The number of nitrogens with one attached hydrogen (secondary N) is 1. The quantitative estimate of drug-likeness (QED) is 0.612. The number of carbonyl (C=O) groups is 1. The molecule has 6 heteroatoms. The number of nitrogens with zero attached hydrogens (tertiary/aromatic N) is 3. The molecule has 0 aliphatic rings. The van der Waals surface area contributed by atoms with E-state index in [-0.39, 0.29) is 11.9 Å². The number of hydrogen-bond acceptors (Lipinski definition) is 4. The zero-order chi connectivity index (χ0) is 18.2. The molecule has 0 saturated carbocycles. The topological polar surface area (TPSA) is 59.8 Å². The van der Waals surface area contributed by atoms with Gasteiger partial charge in [0.2, 0.25) is 5.91 Å². The Bertz CT molecular complexity index is 820. The Hall–Kier alpha value is -2.60. The number of carbonyl (C=O) groups excluding carboxylic acids is 1. The number of benzene rings is 2. The van der Waals surface area contributed by atoms with Crippen LogP contribution in [0.5, 0.6) is 0 Å². The SMILES string of the molecule is CCCC(NC(=O)CSc1nncn1-c1ccccc1)c1ccccc1. The van der Waals surface area contributed by atoms with Crippen LogP contribution in [-0.2, 0) is 4.79 Å². The summed E-state index contributed by atoms with van der Waals surface area (Å²) in [7, 11) is 0. The van der Waals surface area contributed by atoms with Crippen molar-refractivity contribution in [3.63, 3.8) is 0 Å². The smallest absolute Gasteiger partial charge is 0.230 e. The molecule has 0 fully saturated rings. The van der Waals surface area contributed by atoms with E-state index in [1.54, 1.807) is 6.33 Å². The van der Waals surface area contributed by atoms with Gasteiger partial charge in [0.1, 0.15) is 6.33 Å². The molecule has 3 rings (SSSR count). The maximum absolute atomic E-state index is 12.5. The molecular formula is C20H22N4OS. The fraction of sp³-hybridized carbons (Fsp3) is 0.250. The van der Waals surface area contributed by atoms with Gasteiger partial charge in [-0.05, 0) is 24.1 Å². The van der Waals surface area contributed by atoms with Crippen molar-refractivity contribution in [2.24, 2.45) is 0 Å². The molecule has 2 aromatic carbocycles. The molecule has 26 heavy (non-hydrogen) atoms. The van der Waals surface area contributed by atoms with E-state index < -0.39 is 0 Å². The highest BCUT2D eigenvalue weighted by molar-refractivity contribution is 7.99. The summed E-state index contributed by atoms with van der Waals surface area (Å²) in [4.78, 5) is 12.5. The summed E-state index contributed by atoms with van der Waals surface area (Å²) in [6.45, 7) is 2.12. The molecule has 0 spiro atoms. The molecule has 0 bridgehead atoms. The van der Waals surface area contributed by atoms with Crippen LogP contribution in [0.3, 0.4) is 0 Å². The number of aromatic nitrogens is 3. The molecule has 1 N–H and O–H groups in total. The number of hydrogen-bond donors (Lipinski definition) is 1. The van der Waals surface area contributed by atoms with Gasteiger partial charge < -0.3 is 5.32 Å². The van der Waals surface area contributed by atoms with E-state index in [2.05, 4.69) is 34.6 Å². The normalized spacial score (nSPS) is 11.9. The van der Waals surface area contributed by atoms with Crippen LogP contribution in [0.15, 0.2) is 72.1 Å². The number of para-hydroxylation sites is 1. The molecule has 1 heterocycles. The Balaban J connectivity index is 1.62. The van der Waals surface area contributed by atoms with Crippen molar-refractivity contribution in [3.05, 3.63) is 72.6 Å². The van der Waals surface area contributed by atoms with E-state index in [9.17, 15) is 4.79 Å². The maximum Gasteiger partial charge on any atom is 0.230 e. The van der Waals surface area contributed by atoms with Gasteiger partial charge in [-0.15, -0.1) is 10.2 Å². The minimum Gasteiger partial charge on any atom is -0.349 e. The zero-order valence-electron chi connectivity index (χ0n) is 14.7. The Morgan fingerprint density at radius 3 is 2.50 bits per heavy atom. The first-order valence-corrected chi connectivity index (χ1v) is 9.69. The summed E-state index contributed by atoms with van der Waals surface area (Å²) >= 11 is 1.39. The first-order chi connectivity index (χ1) is 12.8. The Morgan fingerprint density at radius 2 is 1.81 bits per heavy atom. The van der Waals surface area contributed by atoms with Crippen LogP contribution in [0.25, 0.3) is 5.69 Å². The third-order valence-corrected chi connectivity index (χ3v) is 4.94. The van der Waals surface area contributed by atoms with E-state index in [1.807, 2.05) is 53.1 Å². The Kier molecular flexibility index (Phi) is 6.44. The third-order valence-electron chi connectivity index (χ3n) is 4.00. The average molecular weight is 366 g/mol. The van der Waals surface area contributed by atoms with Crippen molar-refractivity contribution in [2.75, 3.05) is 5.75 Å². The van der Waals surface area contributed by atoms with Gasteiger partial charge in [-0.1, -0.05) is 73.6 Å². The van der Waals surface area contributed by atoms with Crippen LogP contribution in [0, 0.1) is 0 Å². The highest BCUT2D eigenvalue weighted by Gasteiger charge is 2.15. The standard InChI is InChI=1S/C20H22N4OS/c1-2-9-18(16-10-5-3-6-11-16)22-19(25)14-26-20-23-21-15-24(20)17-12-7-4-8-13-17/h3-8,10-13,15,18H,2,9,14H2,1H3,(H,22,25). The molecule has 0 saturated heterocycles. The van der Waals surface area contributed by atoms with Crippen LogP contribution in [0.1, 0.15) is 31.4 Å². The molecule has 0 aliphatic carbocycles. The van der Waals surface area contributed by atoms with Gasteiger partial charge in [-0.25, -0.2) is 0 Å². The molecular weight excluding hydrogens is 344 g/mol. The van der Waals surface area contributed by atoms with Gasteiger partial charge >= 0.3 is 0 Å². The summed E-state index contributed by atoms with van der Waals surface area (Å²) in [6, 6.07) is 20.0. The highest BCUT2D eigenvalue weighted by atomic mass is 32.2. The summed E-state index contributed by atoms with van der Waals surface area (Å²) in [5, 5.41) is 12.0. The lowest BCUT2D eigenvalue weighted by molar-refractivity contribution is -0.119. The number of rotatable bonds is 8. The molecule has 0 radical (unpaired) electrons. The first-order valence-electron chi connectivity index (χ1n) is 8.70. The maximum atomic E-state index is 12.5. The minimum absolute atomic E-state index is 0.0000789. The van der Waals surface area contributed by atoms with E-state index in [4.69, 9.17) is 0 Å². The first kappa shape index (κ1) is 18.2. The average Bonchev–Trinajstić information content (AvgIpc) is 3.16. The lowest BCUT2D eigenvalue weighted by Gasteiger charge is -2.18. The van der Waals surface area contributed by atoms with Gasteiger partial charge in [0.25, 0.3) is 0 Å². The summed E-state index contributed by atoms with van der Waals surface area (Å²) in [5.41, 5.74) is 2.12. The third kappa shape index (κ3) is 4.73. The molecule has 5 nitrogen and oxygen atoms in total. The van der Waals surface area contributed by atoms with E-state index in [0.717, 1.165) is 24.1 Å². The monoisotopic (exact) mass is 366 g/mol. The predicted molar refractivity (Wildman–Crippen MR) is 104 cm³/mol. The lowest BCUT2D eigenvalue weighted by atomic mass is 10.0. The van der Waals surface area contributed by atoms with Crippen molar-refractivity contribution in [2.45, 2.75) is 31.0 Å². The van der Waals surface area contributed by atoms with Crippen molar-refractivity contribution in [3.8, 4) is 5.69 Å². The van der Waals surface area contributed by atoms with E-state index in [1.165, 1.54) is 11.8 Å². The fourth-order valence-electron chi connectivity index (χ4n) is 2.75. The predicted octanol–water partition coefficient (Wildman–Crippen LogP) is 4.02. The molecule has 0 aliphatic heterocycles. The Morgan fingerprint density at radius 1 is 1.12 bits per heavy atom. The van der Waals surface area contributed by atoms with Gasteiger partial charge in [0.15, 0.2) is 5.16 Å². The van der Waals surface area contributed by atoms with Crippen LogP contribution in [0.4, 0.5) is 0 Å². The van der Waals surface area contributed by atoms with Crippen molar-refractivity contribution in [1.82, 2.24) is 20.1 Å². The van der Waals surface area contributed by atoms with Crippen molar-refractivity contribution < 1.29 is 4.79 Å². The van der Waals surface area contributed by atoms with Crippen molar-refractivity contribution >= 4 is 17.7 Å². The van der Waals surface area contributed by atoms with Gasteiger partial charge in [-0.3, -0.25) is 9.36 Å².